The van der Waals surface area contributed by atoms with E-state index in [2.05, 4.69) is 10.6 Å². The van der Waals surface area contributed by atoms with Gasteiger partial charge in [-0.2, -0.15) is 0 Å². The number of halogens is 2. The third kappa shape index (κ3) is 3.46. The molecular formula is C15H20Cl2N2O. The van der Waals surface area contributed by atoms with Crippen molar-refractivity contribution in [2.45, 2.75) is 19.8 Å². The summed E-state index contributed by atoms with van der Waals surface area (Å²) in [7, 11) is 0. The zero-order valence-electron chi connectivity index (χ0n) is 11.7. The van der Waals surface area contributed by atoms with Crippen LogP contribution in [-0.2, 0) is 4.79 Å². The van der Waals surface area contributed by atoms with E-state index < -0.39 is 0 Å². The summed E-state index contributed by atoms with van der Waals surface area (Å²) in [5.74, 6) is 0.692. The number of hydrogen-bond acceptors (Lipinski definition) is 2. The molecule has 1 heterocycles. The fourth-order valence-corrected chi connectivity index (χ4v) is 3.15. The van der Waals surface area contributed by atoms with Gasteiger partial charge in [0, 0.05) is 28.4 Å². The monoisotopic (exact) mass is 314 g/mol. The van der Waals surface area contributed by atoms with E-state index in [-0.39, 0.29) is 17.7 Å². The van der Waals surface area contributed by atoms with Crippen molar-refractivity contribution >= 4 is 29.1 Å². The van der Waals surface area contributed by atoms with Crippen LogP contribution in [0.25, 0.3) is 0 Å². The molecule has 2 rings (SSSR count). The van der Waals surface area contributed by atoms with Gasteiger partial charge in [-0.1, -0.05) is 43.1 Å². The van der Waals surface area contributed by atoms with Crippen LogP contribution < -0.4 is 10.6 Å². The van der Waals surface area contributed by atoms with Crippen molar-refractivity contribution in [3.05, 3.63) is 33.8 Å². The Morgan fingerprint density at radius 1 is 1.35 bits per heavy atom. The van der Waals surface area contributed by atoms with Crippen molar-refractivity contribution in [1.29, 1.82) is 0 Å². The lowest BCUT2D eigenvalue weighted by molar-refractivity contribution is -0.126. The fraction of sp³-hybridized carbons (Fsp3) is 0.533. The Kier molecular flexibility index (Phi) is 5.30. The van der Waals surface area contributed by atoms with Gasteiger partial charge in [0.25, 0.3) is 0 Å². The largest absolute Gasteiger partial charge is 0.355 e. The SMILES string of the molecule is CC(CNC(=O)C(C)C1CNC1)c1c(Cl)cccc1Cl. The molecule has 0 saturated carbocycles. The minimum atomic E-state index is 0.0465. The van der Waals surface area contributed by atoms with Crippen LogP contribution in [0.1, 0.15) is 25.3 Å². The highest BCUT2D eigenvalue weighted by molar-refractivity contribution is 6.36. The lowest BCUT2D eigenvalue weighted by atomic mass is 9.88. The van der Waals surface area contributed by atoms with Gasteiger partial charge in [0.1, 0.15) is 0 Å². The summed E-state index contributed by atoms with van der Waals surface area (Å²) in [5, 5.41) is 7.49. The summed E-state index contributed by atoms with van der Waals surface area (Å²) in [5.41, 5.74) is 0.897. The number of amides is 1. The van der Waals surface area contributed by atoms with Crippen LogP contribution in [-0.4, -0.2) is 25.5 Å². The predicted octanol–water partition coefficient (Wildman–Crippen LogP) is 3.07. The molecule has 1 fully saturated rings. The summed E-state index contributed by atoms with van der Waals surface area (Å²) in [4.78, 5) is 12.1. The maximum Gasteiger partial charge on any atom is 0.223 e. The third-order valence-corrected chi connectivity index (χ3v) is 4.67. The van der Waals surface area contributed by atoms with Crippen molar-refractivity contribution in [3.8, 4) is 0 Å². The van der Waals surface area contributed by atoms with Gasteiger partial charge in [0.05, 0.1) is 0 Å². The van der Waals surface area contributed by atoms with Crippen LogP contribution in [0.5, 0.6) is 0 Å². The van der Waals surface area contributed by atoms with Gasteiger partial charge in [0.15, 0.2) is 0 Å². The summed E-state index contributed by atoms with van der Waals surface area (Å²) in [6.07, 6.45) is 0. The van der Waals surface area contributed by atoms with Gasteiger partial charge in [-0.3, -0.25) is 4.79 Å². The lowest BCUT2D eigenvalue weighted by Gasteiger charge is -2.32. The zero-order chi connectivity index (χ0) is 14.7. The third-order valence-electron chi connectivity index (χ3n) is 4.01. The smallest absolute Gasteiger partial charge is 0.223 e. The molecule has 1 amide bonds. The molecule has 1 aliphatic rings. The van der Waals surface area contributed by atoms with E-state index >= 15 is 0 Å². The molecule has 1 saturated heterocycles. The Morgan fingerprint density at radius 3 is 2.45 bits per heavy atom. The Bertz CT molecular complexity index is 469. The van der Waals surface area contributed by atoms with E-state index in [1.54, 1.807) is 0 Å². The molecule has 2 unspecified atom stereocenters. The Morgan fingerprint density at radius 2 is 1.95 bits per heavy atom. The quantitative estimate of drug-likeness (QED) is 0.877. The van der Waals surface area contributed by atoms with E-state index in [4.69, 9.17) is 23.2 Å². The van der Waals surface area contributed by atoms with Crippen molar-refractivity contribution in [1.82, 2.24) is 10.6 Å². The second-order valence-electron chi connectivity index (χ2n) is 5.49. The van der Waals surface area contributed by atoms with Crippen LogP contribution in [0.3, 0.4) is 0 Å². The average Bonchev–Trinajstić information content (AvgIpc) is 2.33. The van der Waals surface area contributed by atoms with E-state index in [9.17, 15) is 4.79 Å². The van der Waals surface area contributed by atoms with Gasteiger partial charge >= 0.3 is 0 Å². The van der Waals surface area contributed by atoms with Gasteiger partial charge in [-0.15, -0.1) is 0 Å². The maximum absolute atomic E-state index is 12.1. The molecule has 0 aromatic heterocycles. The normalized spacial score (nSPS) is 18.2. The summed E-state index contributed by atoms with van der Waals surface area (Å²) < 4.78 is 0. The number of hydrogen-bond donors (Lipinski definition) is 2. The summed E-state index contributed by atoms with van der Waals surface area (Å²) in [6.45, 7) is 6.41. The van der Waals surface area contributed by atoms with Crippen LogP contribution in [0.2, 0.25) is 10.0 Å². The topological polar surface area (TPSA) is 41.1 Å². The first-order chi connectivity index (χ1) is 9.50. The molecular weight excluding hydrogens is 295 g/mol. The Labute approximate surface area is 130 Å². The number of rotatable bonds is 5. The number of carbonyl (C=O) groups is 1. The Balaban J connectivity index is 1.91. The van der Waals surface area contributed by atoms with Crippen LogP contribution in [0.15, 0.2) is 18.2 Å². The molecule has 5 heteroatoms. The van der Waals surface area contributed by atoms with Crippen molar-refractivity contribution in [2.24, 2.45) is 11.8 Å². The first kappa shape index (κ1) is 15.6. The van der Waals surface area contributed by atoms with Crippen LogP contribution >= 0.6 is 23.2 Å². The second kappa shape index (κ2) is 6.79. The van der Waals surface area contributed by atoms with E-state index in [1.807, 2.05) is 32.0 Å². The summed E-state index contributed by atoms with van der Waals surface area (Å²) >= 11 is 12.4. The standard InChI is InChI=1S/C15H20Cl2N2O/c1-9(14-12(16)4-3-5-13(14)17)6-19-15(20)10(2)11-7-18-8-11/h3-5,9-11,18H,6-8H2,1-2H3,(H,19,20). The van der Waals surface area contributed by atoms with Crippen molar-refractivity contribution in [3.63, 3.8) is 0 Å². The van der Waals surface area contributed by atoms with Crippen molar-refractivity contribution in [2.75, 3.05) is 19.6 Å². The molecule has 2 N–H and O–H groups in total. The number of nitrogens with one attached hydrogen (secondary N) is 2. The highest BCUT2D eigenvalue weighted by atomic mass is 35.5. The molecule has 20 heavy (non-hydrogen) atoms. The summed E-state index contributed by atoms with van der Waals surface area (Å²) in [6, 6.07) is 5.47. The molecule has 0 aliphatic carbocycles. The van der Waals surface area contributed by atoms with Gasteiger partial charge in [-0.25, -0.2) is 0 Å². The molecule has 110 valence electrons. The van der Waals surface area contributed by atoms with Crippen molar-refractivity contribution < 1.29 is 4.79 Å². The molecule has 0 bridgehead atoms. The predicted molar refractivity (Wildman–Crippen MR) is 83.4 cm³/mol. The molecule has 2 atom stereocenters. The lowest BCUT2D eigenvalue weighted by Crippen LogP contribution is -2.49. The van der Waals surface area contributed by atoms with Gasteiger partial charge in [0.2, 0.25) is 5.91 Å². The molecule has 1 aliphatic heterocycles. The molecule has 3 nitrogen and oxygen atoms in total. The minimum Gasteiger partial charge on any atom is -0.355 e. The van der Waals surface area contributed by atoms with E-state index in [0.717, 1.165) is 18.7 Å². The fourth-order valence-electron chi connectivity index (χ4n) is 2.38. The zero-order valence-corrected chi connectivity index (χ0v) is 13.3. The average molecular weight is 315 g/mol. The van der Waals surface area contributed by atoms with Crippen LogP contribution in [0.4, 0.5) is 0 Å². The van der Waals surface area contributed by atoms with Gasteiger partial charge < -0.3 is 10.6 Å². The maximum atomic E-state index is 12.1. The Hall–Kier alpha value is -0.770. The molecule has 0 radical (unpaired) electrons. The number of carbonyl (C=O) groups excluding carboxylic acids is 1. The number of benzene rings is 1. The van der Waals surface area contributed by atoms with E-state index in [1.165, 1.54) is 0 Å². The highest BCUT2D eigenvalue weighted by Gasteiger charge is 2.28. The minimum absolute atomic E-state index is 0.0465. The van der Waals surface area contributed by atoms with Gasteiger partial charge in [-0.05, 0) is 36.7 Å². The first-order valence-corrected chi connectivity index (χ1v) is 7.68. The van der Waals surface area contributed by atoms with Crippen LogP contribution in [0, 0.1) is 11.8 Å². The van der Waals surface area contributed by atoms with E-state index in [0.29, 0.717) is 22.5 Å². The second-order valence-corrected chi connectivity index (χ2v) is 6.30. The first-order valence-electron chi connectivity index (χ1n) is 6.93. The molecule has 1 aromatic carbocycles. The highest BCUT2D eigenvalue weighted by Crippen LogP contribution is 2.31. The molecule has 1 aromatic rings. The molecule has 0 spiro atoms.